The zero-order valence-electron chi connectivity index (χ0n) is 32.9. The summed E-state index contributed by atoms with van der Waals surface area (Å²) in [5.41, 5.74) is 0.0616. The molecule has 3 aliphatic rings. The maximum absolute atomic E-state index is 15.9. The second-order valence-corrected chi connectivity index (χ2v) is 14.9. The zero-order chi connectivity index (χ0) is 43.5. The summed E-state index contributed by atoms with van der Waals surface area (Å²) in [5, 5.41) is 41.7. The molecular weight excluding hydrogens is 799 g/mol. The Bertz CT molecular complexity index is 2580. The number of aliphatic hydroxyl groups is 2. The topological polar surface area (TPSA) is 206 Å². The number of non-ortho nitro benzene ring substituents is 1. The molecule has 5 aromatic rings. The molecule has 0 radical (unpaired) electrons. The summed E-state index contributed by atoms with van der Waals surface area (Å²) in [7, 11) is 0. The van der Waals surface area contributed by atoms with E-state index in [1.165, 1.54) is 30.3 Å². The number of hydrogen-bond donors (Lipinski definition) is 3. The number of hydrogen-bond acceptors (Lipinski definition) is 12. The highest BCUT2D eigenvalue weighted by Crippen LogP contribution is 2.66. The largest absolute Gasteiger partial charge is 0.491 e. The van der Waals surface area contributed by atoms with Gasteiger partial charge in [0.05, 0.1) is 35.9 Å². The molecule has 1 spiro atoms. The molecule has 5 aromatic carbocycles. The molecule has 15 heteroatoms. The predicted octanol–water partition coefficient (Wildman–Crippen LogP) is 5.79. The Labute approximate surface area is 354 Å². The summed E-state index contributed by atoms with van der Waals surface area (Å²) < 4.78 is 17.7. The van der Waals surface area contributed by atoms with Crippen LogP contribution in [0.1, 0.15) is 58.0 Å². The van der Waals surface area contributed by atoms with Crippen molar-refractivity contribution >= 4 is 35.3 Å². The fourth-order valence-electron chi connectivity index (χ4n) is 9.00. The van der Waals surface area contributed by atoms with Crippen LogP contribution in [0.4, 0.5) is 16.2 Å². The van der Waals surface area contributed by atoms with Crippen molar-refractivity contribution in [2.75, 3.05) is 24.7 Å². The Hall–Kier alpha value is -7.38. The number of nitro benzene ring substituents is 1. The number of esters is 1. The van der Waals surface area contributed by atoms with Crippen molar-refractivity contribution in [1.29, 1.82) is 0 Å². The predicted molar refractivity (Wildman–Crippen MR) is 220 cm³/mol. The number of benzene rings is 5. The van der Waals surface area contributed by atoms with E-state index in [9.17, 15) is 39.8 Å². The monoisotopic (exact) mass is 837 g/mol. The molecule has 3 heterocycles. The maximum Gasteiger partial charge on any atom is 0.421 e. The number of cyclic esters (lactones) is 1. The second kappa shape index (κ2) is 17.3. The molecule has 2 fully saturated rings. The van der Waals surface area contributed by atoms with Gasteiger partial charge in [0.15, 0.2) is 0 Å². The summed E-state index contributed by atoms with van der Waals surface area (Å²) >= 11 is 0. The smallest absolute Gasteiger partial charge is 0.421 e. The number of anilines is 1. The van der Waals surface area contributed by atoms with Gasteiger partial charge in [-0.15, -0.1) is 0 Å². The number of carbonyl (C=O) groups excluding carboxylic acids is 3. The van der Waals surface area contributed by atoms with Crippen molar-refractivity contribution in [3.63, 3.8) is 0 Å². The van der Waals surface area contributed by atoms with Gasteiger partial charge in [-0.2, -0.15) is 0 Å². The van der Waals surface area contributed by atoms with Crippen LogP contribution in [-0.4, -0.2) is 74.9 Å². The lowest BCUT2D eigenvalue weighted by Crippen LogP contribution is -2.53. The summed E-state index contributed by atoms with van der Waals surface area (Å²) in [6.07, 6.45) is -2.03. The Morgan fingerprint density at radius 1 is 0.823 bits per heavy atom. The van der Waals surface area contributed by atoms with E-state index in [1.807, 2.05) is 36.4 Å². The summed E-state index contributed by atoms with van der Waals surface area (Å²) in [5.74, 6) is 0.947. The molecular formula is C47H39N3O12. The molecule has 6 atom stereocenters. The molecule has 2 amide bonds. The second-order valence-electron chi connectivity index (χ2n) is 14.9. The Morgan fingerprint density at radius 2 is 1.50 bits per heavy atom. The van der Waals surface area contributed by atoms with Gasteiger partial charge in [-0.05, 0) is 70.3 Å². The van der Waals surface area contributed by atoms with Crippen molar-refractivity contribution in [1.82, 2.24) is 4.90 Å². The lowest BCUT2D eigenvalue weighted by atomic mass is 9.65. The fourth-order valence-corrected chi connectivity index (χ4v) is 9.00. The van der Waals surface area contributed by atoms with E-state index in [-0.39, 0.29) is 43.2 Å². The van der Waals surface area contributed by atoms with Crippen molar-refractivity contribution < 1.29 is 53.6 Å². The number of ether oxygens (including phenoxy) is 3. The van der Waals surface area contributed by atoms with E-state index >= 15 is 4.79 Å². The molecule has 0 bridgehead atoms. The zero-order valence-corrected chi connectivity index (χ0v) is 32.9. The molecule has 0 saturated carbocycles. The van der Waals surface area contributed by atoms with Crippen LogP contribution in [0.25, 0.3) is 0 Å². The number of morpholine rings is 1. The van der Waals surface area contributed by atoms with Crippen LogP contribution in [0.2, 0.25) is 0 Å². The third-order valence-corrected chi connectivity index (χ3v) is 11.4. The van der Waals surface area contributed by atoms with E-state index in [1.54, 1.807) is 65.6 Å². The van der Waals surface area contributed by atoms with Gasteiger partial charge < -0.3 is 29.5 Å². The third-order valence-electron chi connectivity index (χ3n) is 11.4. The molecule has 3 N–H and O–H groups in total. The highest BCUT2D eigenvalue weighted by molar-refractivity contribution is 6.23. The number of carboxylic acid groups (broad SMARTS) is 1. The number of nitrogens with zero attached hydrogens (tertiary/aromatic N) is 3. The van der Waals surface area contributed by atoms with E-state index < -0.39 is 71.0 Å². The number of aliphatic carboxylic acids is 1. The van der Waals surface area contributed by atoms with Gasteiger partial charge in [0.2, 0.25) is 5.91 Å². The quantitative estimate of drug-likeness (QED) is 0.0625. The van der Waals surface area contributed by atoms with Gasteiger partial charge in [0.25, 0.3) is 5.69 Å². The van der Waals surface area contributed by atoms with Gasteiger partial charge in [-0.1, -0.05) is 84.6 Å². The molecule has 0 aliphatic carbocycles. The first kappa shape index (κ1) is 41.4. The molecule has 8 rings (SSSR count). The van der Waals surface area contributed by atoms with Crippen LogP contribution in [0.5, 0.6) is 5.75 Å². The summed E-state index contributed by atoms with van der Waals surface area (Å²) in [4.78, 5) is 72.4. The Balaban J connectivity index is 1.37. The minimum atomic E-state index is -2.24. The van der Waals surface area contributed by atoms with E-state index in [0.717, 1.165) is 4.90 Å². The van der Waals surface area contributed by atoms with E-state index in [0.29, 0.717) is 33.6 Å². The average molecular weight is 838 g/mol. The SMILES string of the molecule is O=C1O[C@H](c2ccccc2)[C@H](c2ccccc2)N2[C@H]1[C@@H](C(=O)O)[C@]1(C(=O)N(C(=O)OCc3ccc([N+](=O)[O-])cc3)c3ccc(C#CCCO)cc31)[C@H]2c1ccc(OCCO)cc1. The average Bonchev–Trinajstić information content (AvgIpc) is 3.75. The minimum Gasteiger partial charge on any atom is -0.491 e. The van der Waals surface area contributed by atoms with Crippen LogP contribution < -0.4 is 9.64 Å². The Morgan fingerprint density at radius 3 is 2.13 bits per heavy atom. The van der Waals surface area contributed by atoms with Gasteiger partial charge in [0, 0.05) is 24.1 Å². The maximum atomic E-state index is 15.9. The number of imide groups is 1. The highest BCUT2D eigenvalue weighted by Gasteiger charge is 2.76. The van der Waals surface area contributed by atoms with Crippen molar-refractivity contribution in [3.8, 4) is 17.6 Å². The summed E-state index contributed by atoms with van der Waals surface area (Å²) in [6, 6.07) is 30.7. The number of carboxylic acids is 1. The van der Waals surface area contributed by atoms with Crippen LogP contribution in [-0.2, 0) is 35.9 Å². The minimum absolute atomic E-state index is 0.000332. The van der Waals surface area contributed by atoms with Gasteiger partial charge >= 0.3 is 18.0 Å². The lowest BCUT2D eigenvalue weighted by Gasteiger charge is -2.46. The number of rotatable bonds is 11. The van der Waals surface area contributed by atoms with Crippen molar-refractivity contribution in [3.05, 3.63) is 171 Å². The van der Waals surface area contributed by atoms with Crippen molar-refractivity contribution in [2.24, 2.45) is 5.92 Å². The normalized spacial score (nSPS) is 22.5. The first-order valence-corrected chi connectivity index (χ1v) is 19.7. The van der Waals surface area contributed by atoms with Crippen LogP contribution in [0, 0.1) is 27.9 Å². The Kier molecular flexibility index (Phi) is 11.5. The van der Waals surface area contributed by atoms with E-state index in [4.69, 9.17) is 14.2 Å². The first-order chi connectivity index (χ1) is 30.1. The van der Waals surface area contributed by atoms with Crippen molar-refractivity contribution in [2.45, 2.75) is 42.7 Å². The molecule has 62 heavy (non-hydrogen) atoms. The van der Waals surface area contributed by atoms with Gasteiger partial charge in [-0.3, -0.25) is 29.4 Å². The fraction of sp³-hybridized carbons (Fsp3) is 0.234. The standard InChI is InChI=1S/C47H39N3O12/c51-24-8-7-9-29-16-23-37-36(27-29)47(45(56)48(37)46(57)61-28-30-14-19-34(20-15-30)50(58)59)38(43(53)54)40-44(55)62-41(32-12-5-2-6-13-32)39(31-10-3-1-4-11-31)49(40)42(47)33-17-21-35(22-18-33)60-26-25-52/h1-6,10-23,27,38-42,51-52H,8,24-26,28H2,(H,53,54)/t38-,39-,40-,41+,42+,47-/m0/s1. The lowest BCUT2D eigenvalue weighted by molar-refractivity contribution is -0.384. The number of aliphatic hydroxyl groups excluding tert-OH is 2. The van der Waals surface area contributed by atoms with Crippen LogP contribution in [0.3, 0.4) is 0 Å². The highest BCUT2D eigenvalue weighted by atomic mass is 16.6. The van der Waals surface area contributed by atoms with Crippen LogP contribution >= 0.6 is 0 Å². The number of carbonyl (C=O) groups is 4. The summed E-state index contributed by atoms with van der Waals surface area (Å²) in [6.45, 7) is -0.885. The molecule has 3 aliphatic heterocycles. The van der Waals surface area contributed by atoms with Crippen LogP contribution in [0.15, 0.2) is 127 Å². The number of amides is 2. The van der Waals surface area contributed by atoms with E-state index in [2.05, 4.69) is 11.8 Å². The first-order valence-electron chi connectivity index (χ1n) is 19.7. The third kappa shape index (κ3) is 7.19. The molecule has 2 saturated heterocycles. The molecule has 314 valence electrons. The molecule has 15 nitrogen and oxygen atoms in total. The van der Waals surface area contributed by atoms with Gasteiger partial charge in [0.1, 0.15) is 42.4 Å². The van der Waals surface area contributed by atoms with Gasteiger partial charge in [-0.25, -0.2) is 9.69 Å². The molecule has 0 aromatic heterocycles. The number of nitro groups is 1. The molecule has 0 unspecified atom stereocenters. The number of fused-ring (bicyclic) bond motifs is 3.